The van der Waals surface area contributed by atoms with E-state index >= 15 is 0 Å². The Morgan fingerprint density at radius 1 is 1.55 bits per heavy atom. The van der Waals surface area contributed by atoms with Gasteiger partial charge < -0.3 is 9.30 Å². The molecule has 0 amide bonds. The van der Waals surface area contributed by atoms with Crippen LogP contribution >= 0.6 is 12.2 Å². The molecule has 0 spiro atoms. The zero-order chi connectivity index (χ0) is 8.43. The number of pyridine rings is 1. The number of ether oxygens (including phenoxy) is 1. The number of hydrogen-bond acceptors (Lipinski definition) is 2. The summed E-state index contributed by atoms with van der Waals surface area (Å²) in [5, 5.41) is 0. The molecule has 60 valence electrons. The van der Waals surface area contributed by atoms with Crippen LogP contribution in [0.3, 0.4) is 0 Å². The van der Waals surface area contributed by atoms with Crippen molar-refractivity contribution < 1.29 is 4.74 Å². The van der Waals surface area contributed by atoms with Crippen LogP contribution in [0.2, 0.25) is 0 Å². The van der Waals surface area contributed by atoms with E-state index in [-0.39, 0.29) is 0 Å². The van der Waals surface area contributed by atoms with E-state index in [1.54, 1.807) is 7.11 Å². The molecule has 1 heterocycles. The second kappa shape index (κ2) is 3.05. The lowest BCUT2D eigenvalue weighted by Crippen LogP contribution is -1.96. The Labute approximate surface area is 71.4 Å². The van der Waals surface area contributed by atoms with E-state index in [0.717, 1.165) is 16.0 Å². The largest absolute Gasteiger partial charge is 0.494 e. The summed E-state index contributed by atoms with van der Waals surface area (Å²) >= 11 is 5.09. The zero-order valence-electron chi connectivity index (χ0n) is 6.92. The lowest BCUT2D eigenvalue weighted by atomic mass is 10.3. The van der Waals surface area contributed by atoms with Crippen LogP contribution in [0.1, 0.15) is 5.56 Å². The highest BCUT2D eigenvalue weighted by molar-refractivity contribution is 7.71. The Hall–Kier alpha value is -0.830. The van der Waals surface area contributed by atoms with Gasteiger partial charge in [-0.3, -0.25) is 0 Å². The molecule has 1 aromatic heterocycles. The molecule has 0 aromatic carbocycles. The van der Waals surface area contributed by atoms with Gasteiger partial charge in [0, 0.05) is 13.2 Å². The molecule has 1 aromatic rings. The zero-order valence-corrected chi connectivity index (χ0v) is 7.73. The van der Waals surface area contributed by atoms with E-state index in [1.807, 2.05) is 30.8 Å². The van der Waals surface area contributed by atoms with Gasteiger partial charge >= 0.3 is 0 Å². The summed E-state index contributed by atoms with van der Waals surface area (Å²) in [5.74, 6) is 0.766. The first kappa shape index (κ1) is 8.27. The molecule has 0 saturated heterocycles. The van der Waals surface area contributed by atoms with Gasteiger partial charge in [-0.1, -0.05) is 12.2 Å². The van der Waals surface area contributed by atoms with Gasteiger partial charge in [0.05, 0.1) is 7.11 Å². The second-order valence-electron chi connectivity index (χ2n) is 2.50. The molecule has 0 aliphatic heterocycles. The average Bonchev–Trinajstić information content (AvgIpc) is 1.96. The molecule has 0 bridgehead atoms. The van der Waals surface area contributed by atoms with Crippen LogP contribution in [0.25, 0.3) is 0 Å². The SMILES string of the molecule is COc1cc(C)cn(C)c1=S. The van der Waals surface area contributed by atoms with Gasteiger partial charge in [-0.15, -0.1) is 0 Å². The Morgan fingerprint density at radius 2 is 2.18 bits per heavy atom. The number of aromatic nitrogens is 1. The van der Waals surface area contributed by atoms with Gasteiger partial charge in [0.2, 0.25) is 0 Å². The summed E-state index contributed by atoms with van der Waals surface area (Å²) in [5.41, 5.74) is 1.15. The molecule has 0 unspecified atom stereocenters. The summed E-state index contributed by atoms with van der Waals surface area (Å²) in [6, 6.07) is 1.93. The van der Waals surface area contributed by atoms with Crippen molar-refractivity contribution in [2.45, 2.75) is 6.92 Å². The van der Waals surface area contributed by atoms with Crippen molar-refractivity contribution in [1.82, 2.24) is 4.57 Å². The predicted molar refractivity (Wildman–Crippen MR) is 47.5 cm³/mol. The fraction of sp³-hybridized carbons (Fsp3) is 0.375. The summed E-state index contributed by atoms with van der Waals surface area (Å²) in [7, 11) is 3.54. The maximum atomic E-state index is 5.09. The Bertz CT molecular complexity index is 316. The molecule has 0 fully saturated rings. The first-order chi connectivity index (χ1) is 5.15. The van der Waals surface area contributed by atoms with Crippen molar-refractivity contribution in [1.29, 1.82) is 0 Å². The smallest absolute Gasteiger partial charge is 0.153 e. The molecule has 1 rings (SSSR count). The highest BCUT2D eigenvalue weighted by Gasteiger charge is 1.96. The predicted octanol–water partition coefficient (Wildman–Crippen LogP) is 2.07. The summed E-state index contributed by atoms with van der Waals surface area (Å²) < 4.78 is 7.69. The van der Waals surface area contributed by atoms with Crippen molar-refractivity contribution in [3.8, 4) is 5.75 Å². The molecule has 0 N–H and O–H groups in total. The molecule has 3 heteroatoms. The Kier molecular flexibility index (Phi) is 2.29. The van der Waals surface area contributed by atoms with Crippen molar-refractivity contribution >= 4 is 12.2 Å². The monoisotopic (exact) mass is 169 g/mol. The molecule has 0 atom stereocenters. The van der Waals surface area contributed by atoms with Crippen molar-refractivity contribution in [2.24, 2.45) is 7.05 Å². The van der Waals surface area contributed by atoms with Crippen LogP contribution < -0.4 is 4.74 Å². The van der Waals surface area contributed by atoms with Crippen molar-refractivity contribution in [3.05, 3.63) is 22.5 Å². The number of hydrogen-bond donors (Lipinski definition) is 0. The van der Waals surface area contributed by atoms with Gasteiger partial charge in [0.15, 0.2) is 5.75 Å². The first-order valence-corrected chi connectivity index (χ1v) is 3.77. The molecule has 0 aliphatic rings. The third-order valence-electron chi connectivity index (χ3n) is 1.51. The van der Waals surface area contributed by atoms with Gasteiger partial charge in [0.1, 0.15) is 4.64 Å². The molecule has 11 heavy (non-hydrogen) atoms. The highest BCUT2D eigenvalue weighted by Crippen LogP contribution is 2.13. The van der Waals surface area contributed by atoms with Crippen LogP contribution in [0.5, 0.6) is 5.75 Å². The summed E-state index contributed by atoms with van der Waals surface area (Å²) in [4.78, 5) is 0. The lowest BCUT2D eigenvalue weighted by molar-refractivity contribution is 0.407. The lowest BCUT2D eigenvalue weighted by Gasteiger charge is -2.05. The number of aryl methyl sites for hydroxylation is 2. The van der Waals surface area contributed by atoms with Gasteiger partial charge in [-0.25, -0.2) is 0 Å². The van der Waals surface area contributed by atoms with Crippen LogP contribution in [0, 0.1) is 11.6 Å². The Balaban J connectivity index is 3.37. The minimum absolute atomic E-state index is 0.734. The quantitative estimate of drug-likeness (QED) is 0.597. The third kappa shape index (κ3) is 1.60. The van der Waals surface area contributed by atoms with Crippen LogP contribution in [-0.2, 0) is 7.05 Å². The van der Waals surface area contributed by atoms with E-state index in [0.29, 0.717) is 0 Å². The van der Waals surface area contributed by atoms with E-state index in [9.17, 15) is 0 Å². The number of nitrogens with zero attached hydrogens (tertiary/aromatic N) is 1. The first-order valence-electron chi connectivity index (χ1n) is 3.36. The summed E-state index contributed by atoms with van der Waals surface area (Å²) in [6.45, 7) is 2.01. The standard InChI is InChI=1S/C8H11NOS/c1-6-4-7(10-3)8(11)9(2)5-6/h4-5H,1-3H3. The van der Waals surface area contributed by atoms with Gasteiger partial charge in [-0.05, 0) is 18.6 Å². The van der Waals surface area contributed by atoms with E-state index < -0.39 is 0 Å². The van der Waals surface area contributed by atoms with Crippen LogP contribution in [-0.4, -0.2) is 11.7 Å². The fourth-order valence-corrected chi connectivity index (χ4v) is 1.18. The Morgan fingerprint density at radius 3 is 2.73 bits per heavy atom. The van der Waals surface area contributed by atoms with Crippen molar-refractivity contribution in [3.63, 3.8) is 0 Å². The molecule has 2 nitrogen and oxygen atoms in total. The van der Waals surface area contributed by atoms with Gasteiger partial charge in [-0.2, -0.15) is 0 Å². The van der Waals surface area contributed by atoms with Crippen molar-refractivity contribution in [2.75, 3.05) is 7.11 Å². The van der Waals surface area contributed by atoms with Gasteiger partial charge in [0.25, 0.3) is 0 Å². The maximum Gasteiger partial charge on any atom is 0.153 e. The third-order valence-corrected chi connectivity index (χ3v) is 2.00. The van der Waals surface area contributed by atoms with Crippen LogP contribution in [0.15, 0.2) is 12.3 Å². The molecule has 0 aliphatic carbocycles. The van der Waals surface area contributed by atoms with E-state index in [4.69, 9.17) is 17.0 Å². The molecule has 0 saturated carbocycles. The molecular formula is C8H11NOS. The normalized spacial score (nSPS) is 9.73. The number of methoxy groups -OCH3 is 1. The van der Waals surface area contributed by atoms with E-state index in [2.05, 4.69) is 0 Å². The number of rotatable bonds is 1. The topological polar surface area (TPSA) is 14.2 Å². The maximum absolute atomic E-state index is 5.09. The van der Waals surface area contributed by atoms with Crippen LogP contribution in [0.4, 0.5) is 0 Å². The highest BCUT2D eigenvalue weighted by atomic mass is 32.1. The minimum atomic E-state index is 0.734. The second-order valence-corrected chi connectivity index (χ2v) is 2.89. The van der Waals surface area contributed by atoms with E-state index in [1.165, 1.54) is 0 Å². The summed E-state index contributed by atoms with van der Waals surface area (Å²) in [6.07, 6.45) is 1.98. The average molecular weight is 169 g/mol. The molecule has 0 radical (unpaired) electrons. The molecular weight excluding hydrogens is 158 g/mol. The fourth-order valence-electron chi connectivity index (χ4n) is 0.990. The minimum Gasteiger partial charge on any atom is -0.494 e.